The molecule has 1 heterocycles. The molecule has 0 aliphatic rings. The summed E-state index contributed by atoms with van der Waals surface area (Å²) < 4.78 is 31.7. The topological polar surface area (TPSA) is 79.5 Å². The third-order valence-corrected chi connectivity index (χ3v) is 4.40. The molecule has 1 aromatic heterocycles. The Morgan fingerprint density at radius 3 is 2.60 bits per heavy atom. The smallest absolute Gasteiger partial charge is 0.216 e. The second-order valence-electron chi connectivity index (χ2n) is 4.22. The predicted molar refractivity (Wildman–Crippen MR) is 75.7 cm³/mol. The molecule has 0 aliphatic heterocycles. The van der Waals surface area contributed by atoms with Crippen molar-refractivity contribution in [2.45, 2.75) is 11.8 Å². The first-order valence-corrected chi connectivity index (χ1v) is 7.92. The zero-order chi connectivity index (χ0) is 14.6. The molecule has 7 heteroatoms. The van der Waals surface area contributed by atoms with E-state index in [1.165, 1.54) is 6.26 Å². The van der Waals surface area contributed by atoms with Gasteiger partial charge in [-0.15, -0.1) is 0 Å². The molecule has 108 valence electrons. The fraction of sp³-hybridized carbons (Fsp3) is 0.231. The highest BCUT2D eigenvalue weighted by atomic mass is 35.5. The second-order valence-corrected chi connectivity index (χ2v) is 6.38. The van der Waals surface area contributed by atoms with Gasteiger partial charge in [0.1, 0.15) is 11.8 Å². The van der Waals surface area contributed by atoms with Gasteiger partial charge in [-0.1, -0.05) is 29.8 Å². The Balaban J connectivity index is 2.13. The maximum Gasteiger partial charge on any atom is 0.216 e. The molecule has 0 spiro atoms. The molecule has 0 saturated carbocycles. The van der Waals surface area contributed by atoms with Gasteiger partial charge >= 0.3 is 0 Å². The van der Waals surface area contributed by atoms with Crippen molar-refractivity contribution >= 4 is 21.6 Å². The minimum Gasteiger partial charge on any atom is -0.468 e. The van der Waals surface area contributed by atoms with E-state index in [0.717, 1.165) is 0 Å². The number of furan rings is 1. The van der Waals surface area contributed by atoms with Crippen molar-refractivity contribution in [1.82, 2.24) is 4.72 Å². The van der Waals surface area contributed by atoms with Crippen LogP contribution in [0.5, 0.6) is 0 Å². The van der Waals surface area contributed by atoms with E-state index in [0.29, 0.717) is 16.3 Å². The average Bonchev–Trinajstić information content (AvgIpc) is 2.92. The van der Waals surface area contributed by atoms with Gasteiger partial charge in [0.25, 0.3) is 0 Å². The molecule has 0 amide bonds. The van der Waals surface area contributed by atoms with Crippen molar-refractivity contribution in [3.05, 3.63) is 59.0 Å². The highest BCUT2D eigenvalue weighted by molar-refractivity contribution is 7.88. The van der Waals surface area contributed by atoms with Gasteiger partial charge in [0, 0.05) is 5.02 Å². The molecule has 0 bridgehead atoms. The summed E-state index contributed by atoms with van der Waals surface area (Å²) in [5.74, 6) is 0.0967. The summed E-state index contributed by atoms with van der Waals surface area (Å²) in [6.45, 7) is -0.394. The first-order valence-electron chi connectivity index (χ1n) is 5.89. The maximum absolute atomic E-state index is 12.1. The number of sulfonamides is 1. The van der Waals surface area contributed by atoms with E-state index in [9.17, 15) is 13.5 Å². The van der Waals surface area contributed by atoms with E-state index in [1.54, 1.807) is 36.4 Å². The molecule has 1 aromatic carbocycles. The lowest BCUT2D eigenvalue weighted by molar-refractivity contribution is 0.242. The number of nitrogens with one attached hydrogen (secondary N) is 1. The number of aliphatic hydroxyl groups is 1. The molecule has 0 radical (unpaired) electrons. The van der Waals surface area contributed by atoms with Crippen LogP contribution in [0.1, 0.15) is 17.4 Å². The summed E-state index contributed by atoms with van der Waals surface area (Å²) in [5, 5.41) is 9.65. The third kappa shape index (κ3) is 3.83. The zero-order valence-corrected chi connectivity index (χ0v) is 12.1. The Morgan fingerprint density at radius 2 is 2.00 bits per heavy atom. The Hall–Kier alpha value is -1.34. The van der Waals surface area contributed by atoms with Crippen LogP contribution in [0.4, 0.5) is 0 Å². The number of rotatable bonds is 6. The normalized spacial score (nSPS) is 13.3. The SMILES string of the molecule is O=S(=O)(Cc1ccccc1Cl)N[C@@H](CO)c1ccco1. The summed E-state index contributed by atoms with van der Waals surface area (Å²) in [5.41, 5.74) is 0.498. The van der Waals surface area contributed by atoms with Crippen molar-refractivity contribution in [1.29, 1.82) is 0 Å². The maximum atomic E-state index is 12.1. The highest BCUT2D eigenvalue weighted by Gasteiger charge is 2.22. The first kappa shape index (κ1) is 15.1. The van der Waals surface area contributed by atoms with E-state index in [4.69, 9.17) is 16.0 Å². The molecule has 1 atom stereocenters. The van der Waals surface area contributed by atoms with Crippen molar-refractivity contribution in [3.63, 3.8) is 0 Å². The van der Waals surface area contributed by atoms with Gasteiger partial charge in [0.2, 0.25) is 10.0 Å². The molecule has 20 heavy (non-hydrogen) atoms. The van der Waals surface area contributed by atoms with Crippen LogP contribution in [0.15, 0.2) is 47.1 Å². The van der Waals surface area contributed by atoms with E-state index >= 15 is 0 Å². The molecular formula is C13H14ClNO4S. The second kappa shape index (κ2) is 6.41. The van der Waals surface area contributed by atoms with Gasteiger partial charge in [-0.25, -0.2) is 13.1 Å². The molecule has 2 aromatic rings. The van der Waals surface area contributed by atoms with Crippen LogP contribution in [0.25, 0.3) is 0 Å². The third-order valence-electron chi connectivity index (χ3n) is 2.69. The average molecular weight is 316 g/mol. The van der Waals surface area contributed by atoms with Gasteiger partial charge in [-0.3, -0.25) is 0 Å². The fourth-order valence-electron chi connectivity index (χ4n) is 1.75. The molecular weight excluding hydrogens is 302 g/mol. The molecule has 2 rings (SSSR count). The van der Waals surface area contributed by atoms with Crippen molar-refractivity contribution in [2.75, 3.05) is 6.61 Å². The Morgan fingerprint density at radius 1 is 1.25 bits per heavy atom. The highest BCUT2D eigenvalue weighted by Crippen LogP contribution is 2.19. The van der Waals surface area contributed by atoms with Crippen LogP contribution >= 0.6 is 11.6 Å². The standard InChI is InChI=1S/C13H14ClNO4S/c14-11-5-2-1-4-10(11)9-20(17,18)15-12(8-16)13-6-3-7-19-13/h1-7,12,15-16H,8-9H2/t12-/m0/s1. The van der Waals surface area contributed by atoms with E-state index in [1.807, 2.05) is 0 Å². The van der Waals surface area contributed by atoms with Crippen LogP contribution in [0, 0.1) is 0 Å². The minimum absolute atomic E-state index is 0.260. The van der Waals surface area contributed by atoms with Crippen molar-refractivity contribution in [2.24, 2.45) is 0 Å². The predicted octanol–water partition coefficient (Wildman–Crippen LogP) is 2.09. The molecule has 0 aliphatic carbocycles. The van der Waals surface area contributed by atoms with Crippen LogP contribution in [0.3, 0.4) is 0 Å². The van der Waals surface area contributed by atoms with Crippen LogP contribution in [0.2, 0.25) is 5.02 Å². The van der Waals surface area contributed by atoms with Gasteiger partial charge < -0.3 is 9.52 Å². The van der Waals surface area contributed by atoms with Gasteiger partial charge in [-0.05, 0) is 23.8 Å². The van der Waals surface area contributed by atoms with Crippen LogP contribution in [-0.4, -0.2) is 20.1 Å². The van der Waals surface area contributed by atoms with E-state index in [-0.39, 0.29) is 5.75 Å². The number of benzene rings is 1. The van der Waals surface area contributed by atoms with Crippen molar-refractivity contribution < 1.29 is 17.9 Å². The number of hydrogen-bond donors (Lipinski definition) is 2. The fourth-order valence-corrected chi connectivity index (χ4v) is 3.40. The number of aliphatic hydroxyl groups excluding tert-OH is 1. The minimum atomic E-state index is -3.65. The zero-order valence-electron chi connectivity index (χ0n) is 10.5. The Kier molecular flexibility index (Phi) is 4.82. The van der Waals surface area contributed by atoms with Gasteiger partial charge in [0.05, 0.1) is 18.6 Å². The van der Waals surface area contributed by atoms with Gasteiger partial charge in [-0.2, -0.15) is 0 Å². The first-order chi connectivity index (χ1) is 9.52. The van der Waals surface area contributed by atoms with Crippen molar-refractivity contribution in [3.8, 4) is 0 Å². The Bertz CT molecular complexity index is 655. The summed E-state index contributed by atoms with van der Waals surface area (Å²) in [7, 11) is -3.65. The molecule has 5 nitrogen and oxygen atoms in total. The lowest BCUT2D eigenvalue weighted by Crippen LogP contribution is -2.31. The largest absolute Gasteiger partial charge is 0.468 e. The lowest BCUT2D eigenvalue weighted by atomic mass is 10.2. The van der Waals surface area contributed by atoms with Gasteiger partial charge in [0.15, 0.2) is 0 Å². The molecule has 0 unspecified atom stereocenters. The number of hydrogen-bond acceptors (Lipinski definition) is 4. The summed E-state index contributed by atoms with van der Waals surface area (Å²) >= 11 is 5.94. The monoisotopic (exact) mass is 315 g/mol. The quantitative estimate of drug-likeness (QED) is 0.855. The van der Waals surface area contributed by atoms with E-state index in [2.05, 4.69) is 4.72 Å². The number of halogens is 1. The summed E-state index contributed by atoms with van der Waals surface area (Å²) in [4.78, 5) is 0. The molecule has 2 N–H and O–H groups in total. The molecule has 0 fully saturated rings. The molecule has 0 saturated heterocycles. The van der Waals surface area contributed by atoms with Crippen LogP contribution in [-0.2, 0) is 15.8 Å². The summed E-state index contributed by atoms with van der Waals surface area (Å²) in [6, 6.07) is 9.12. The van der Waals surface area contributed by atoms with Crippen LogP contribution < -0.4 is 4.72 Å². The summed E-state index contributed by atoms with van der Waals surface area (Å²) in [6.07, 6.45) is 1.42. The van der Waals surface area contributed by atoms with E-state index < -0.39 is 22.7 Å². The lowest BCUT2D eigenvalue weighted by Gasteiger charge is -2.14. The Labute approximate surface area is 122 Å².